The lowest BCUT2D eigenvalue weighted by Gasteiger charge is -2.22. The van der Waals surface area contributed by atoms with Gasteiger partial charge in [-0.3, -0.25) is 0 Å². The molecule has 1 saturated heterocycles. The van der Waals surface area contributed by atoms with Crippen molar-refractivity contribution in [3.63, 3.8) is 0 Å². The molecule has 0 radical (unpaired) electrons. The lowest BCUT2D eigenvalue weighted by Crippen LogP contribution is -2.18. The third-order valence-corrected chi connectivity index (χ3v) is 3.71. The molecule has 0 saturated carbocycles. The van der Waals surface area contributed by atoms with Crippen molar-refractivity contribution in [3.05, 3.63) is 35.6 Å². The number of halogens is 1. The molecule has 1 aliphatic rings. The molecule has 1 aromatic heterocycles. The second kappa shape index (κ2) is 5.23. The topological polar surface area (TPSA) is 53.1 Å². The minimum Gasteiger partial charge on any atom is -0.398 e. The maximum absolute atomic E-state index is 6.04. The molecule has 0 spiro atoms. The van der Waals surface area contributed by atoms with E-state index in [1.165, 1.54) is 6.42 Å². The van der Waals surface area contributed by atoms with Crippen molar-refractivity contribution in [1.29, 1.82) is 0 Å². The number of hydrogen-bond acceptors (Lipinski definition) is 3. The van der Waals surface area contributed by atoms with Gasteiger partial charge in [-0.25, -0.2) is 4.68 Å². The largest absolute Gasteiger partial charge is 0.398 e. The Labute approximate surface area is 117 Å². The Morgan fingerprint density at radius 3 is 2.95 bits per heavy atom. The summed E-state index contributed by atoms with van der Waals surface area (Å²) >= 11 is 6.04. The monoisotopic (exact) mass is 277 g/mol. The van der Waals surface area contributed by atoms with E-state index in [1.54, 1.807) is 0 Å². The van der Waals surface area contributed by atoms with Crippen LogP contribution in [0.15, 0.2) is 30.6 Å². The standard InChI is InChI=1S/C14H16ClN3O/c15-12-7-10(4-5-13(12)16)11-8-17-18(9-11)14-3-1-2-6-19-14/h4-5,7-9,14H,1-3,6,16H2. The molecule has 1 atom stereocenters. The van der Waals surface area contributed by atoms with Crippen LogP contribution in [0.5, 0.6) is 0 Å². The van der Waals surface area contributed by atoms with Crippen LogP contribution in [0, 0.1) is 0 Å². The molecule has 0 bridgehead atoms. The molecule has 4 nitrogen and oxygen atoms in total. The van der Waals surface area contributed by atoms with Gasteiger partial charge in [-0.15, -0.1) is 0 Å². The van der Waals surface area contributed by atoms with Crippen LogP contribution in [-0.2, 0) is 4.74 Å². The molecule has 1 aromatic carbocycles. The number of rotatable bonds is 2. The second-order valence-electron chi connectivity index (χ2n) is 4.77. The van der Waals surface area contributed by atoms with Gasteiger partial charge in [0.2, 0.25) is 0 Å². The fourth-order valence-corrected chi connectivity index (χ4v) is 2.46. The average molecular weight is 278 g/mol. The quantitative estimate of drug-likeness (QED) is 0.855. The van der Waals surface area contributed by atoms with Gasteiger partial charge in [0.05, 0.1) is 16.9 Å². The highest BCUT2D eigenvalue weighted by Crippen LogP contribution is 2.28. The molecule has 2 N–H and O–H groups in total. The predicted molar refractivity (Wildman–Crippen MR) is 75.9 cm³/mol. The molecule has 2 aromatic rings. The predicted octanol–water partition coefficient (Wildman–Crippen LogP) is 3.48. The zero-order valence-electron chi connectivity index (χ0n) is 10.6. The summed E-state index contributed by atoms with van der Waals surface area (Å²) in [5, 5.41) is 4.95. The molecular weight excluding hydrogens is 262 g/mol. The van der Waals surface area contributed by atoms with E-state index in [1.807, 2.05) is 35.3 Å². The fourth-order valence-electron chi connectivity index (χ4n) is 2.28. The Balaban J connectivity index is 1.85. The summed E-state index contributed by atoms with van der Waals surface area (Å²) in [6, 6.07) is 5.62. The van der Waals surface area contributed by atoms with Crippen LogP contribution in [0.4, 0.5) is 5.69 Å². The van der Waals surface area contributed by atoms with Crippen molar-refractivity contribution in [3.8, 4) is 11.1 Å². The molecule has 0 amide bonds. The average Bonchev–Trinajstić information content (AvgIpc) is 2.93. The van der Waals surface area contributed by atoms with E-state index >= 15 is 0 Å². The molecule has 0 aliphatic carbocycles. The zero-order chi connectivity index (χ0) is 13.2. The first-order valence-electron chi connectivity index (χ1n) is 6.45. The van der Waals surface area contributed by atoms with E-state index in [2.05, 4.69) is 5.10 Å². The van der Waals surface area contributed by atoms with Gasteiger partial charge in [-0.1, -0.05) is 17.7 Å². The van der Waals surface area contributed by atoms with Crippen LogP contribution in [0.2, 0.25) is 5.02 Å². The van der Waals surface area contributed by atoms with Gasteiger partial charge in [0.25, 0.3) is 0 Å². The minimum atomic E-state index is 0.0618. The van der Waals surface area contributed by atoms with E-state index < -0.39 is 0 Å². The van der Waals surface area contributed by atoms with Crippen LogP contribution >= 0.6 is 11.6 Å². The number of aromatic nitrogens is 2. The first-order valence-corrected chi connectivity index (χ1v) is 6.83. The van der Waals surface area contributed by atoms with E-state index in [9.17, 15) is 0 Å². The zero-order valence-corrected chi connectivity index (χ0v) is 11.3. The van der Waals surface area contributed by atoms with Crippen LogP contribution < -0.4 is 5.73 Å². The number of nitrogens with zero attached hydrogens (tertiary/aromatic N) is 2. The van der Waals surface area contributed by atoms with Crippen molar-refractivity contribution in [2.45, 2.75) is 25.5 Å². The van der Waals surface area contributed by atoms with Crippen molar-refractivity contribution in [1.82, 2.24) is 9.78 Å². The first-order chi connectivity index (χ1) is 9.24. The molecule has 19 heavy (non-hydrogen) atoms. The fraction of sp³-hybridized carbons (Fsp3) is 0.357. The molecule has 2 heterocycles. The van der Waals surface area contributed by atoms with E-state index in [-0.39, 0.29) is 6.23 Å². The van der Waals surface area contributed by atoms with E-state index in [0.29, 0.717) is 10.7 Å². The summed E-state index contributed by atoms with van der Waals surface area (Å²) in [5.74, 6) is 0. The van der Waals surface area contributed by atoms with E-state index in [4.69, 9.17) is 22.1 Å². The highest BCUT2D eigenvalue weighted by Gasteiger charge is 2.16. The van der Waals surface area contributed by atoms with Gasteiger partial charge in [-0.2, -0.15) is 5.10 Å². The Hall–Kier alpha value is -1.52. The van der Waals surface area contributed by atoms with Crippen molar-refractivity contribution in [2.24, 2.45) is 0 Å². The number of benzene rings is 1. The van der Waals surface area contributed by atoms with Crippen LogP contribution in [0.25, 0.3) is 11.1 Å². The molecule has 5 heteroatoms. The first kappa shape index (κ1) is 12.5. The number of nitrogens with two attached hydrogens (primary N) is 1. The maximum Gasteiger partial charge on any atom is 0.150 e. The van der Waals surface area contributed by atoms with E-state index in [0.717, 1.165) is 30.6 Å². The van der Waals surface area contributed by atoms with Crippen LogP contribution in [0.1, 0.15) is 25.5 Å². The number of hydrogen-bond donors (Lipinski definition) is 1. The van der Waals surface area contributed by atoms with Crippen molar-refractivity contribution >= 4 is 17.3 Å². The smallest absolute Gasteiger partial charge is 0.150 e. The molecule has 1 unspecified atom stereocenters. The summed E-state index contributed by atoms with van der Waals surface area (Å²) in [4.78, 5) is 0. The Morgan fingerprint density at radius 1 is 1.32 bits per heavy atom. The van der Waals surface area contributed by atoms with Crippen molar-refractivity contribution in [2.75, 3.05) is 12.3 Å². The van der Waals surface area contributed by atoms with Gasteiger partial charge in [0, 0.05) is 18.4 Å². The lowest BCUT2D eigenvalue weighted by molar-refractivity contribution is -0.0394. The van der Waals surface area contributed by atoms with Gasteiger partial charge in [0.1, 0.15) is 6.23 Å². The molecule has 100 valence electrons. The molecular formula is C14H16ClN3O. The SMILES string of the molecule is Nc1ccc(-c2cnn(C3CCCCO3)c2)cc1Cl. The Bertz CT molecular complexity index is 576. The van der Waals surface area contributed by atoms with Gasteiger partial charge >= 0.3 is 0 Å². The van der Waals surface area contributed by atoms with Crippen LogP contribution in [0.3, 0.4) is 0 Å². The van der Waals surface area contributed by atoms with Crippen LogP contribution in [-0.4, -0.2) is 16.4 Å². The second-order valence-corrected chi connectivity index (χ2v) is 5.17. The summed E-state index contributed by atoms with van der Waals surface area (Å²) in [6.07, 6.45) is 7.24. The number of nitrogen functional groups attached to an aromatic ring is 1. The van der Waals surface area contributed by atoms with Gasteiger partial charge in [-0.05, 0) is 37.0 Å². The Kier molecular flexibility index (Phi) is 3.44. The lowest BCUT2D eigenvalue weighted by atomic mass is 10.1. The van der Waals surface area contributed by atoms with Gasteiger partial charge in [0.15, 0.2) is 0 Å². The summed E-state index contributed by atoms with van der Waals surface area (Å²) in [5.41, 5.74) is 8.35. The molecule has 1 aliphatic heterocycles. The normalized spacial score (nSPS) is 19.5. The third kappa shape index (κ3) is 2.60. The van der Waals surface area contributed by atoms with Gasteiger partial charge < -0.3 is 10.5 Å². The molecule has 3 rings (SSSR count). The number of anilines is 1. The minimum absolute atomic E-state index is 0.0618. The summed E-state index contributed by atoms with van der Waals surface area (Å²) < 4.78 is 7.60. The number of ether oxygens (including phenoxy) is 1. The highest BCUT2D eigenvalue weighted by molar-refractivity contribution is 6.33. The Morgan fingerprint density at radius 2 is 2.21 bits per heavy atom. The highest BCUT2D eigenvalue weighted by atomic mass is 35.5. The third-order valence-electron chi connectivity index (χ3n) is 3.39. The maximum atomic E-state index is 6.04. The van der Waals surface area contributed by atoms with Crippen molar-refractivity contribution < 1.29 is 4.74 Å². The summed E-state index contributed by atoms with van der Waals surface area (Å²) in [6.45, 7) is 0.813. The summed E-state index contributed by atoms with van der Waals surface area (Å²) in [7, 11) is 0. The molecule has 1 fully saturated rings.